The van der Waals surface area contributed by atoms with Gasteiger partial charge in [0.2, 0.25) is 0 Å². The summed E-state index contributed by atoms with van der Waals surface area (Å²) < 4.78 is 10.9. The molecule has 0 aliphatic heterocycles. The summed E-state index contributed by atoms with van der Waals surface area (Å²) in [5, 5.41) is 3.53. The summed E-state index contributed by atoms with van der Waals surface area (Å²) >= 11 is 0. The fraction of sp³-hybridized carbons (Fsp3) is 1.00. The molecular formula is C12H25NO2. The van der Waals surface area contributed by atoms with Gasteiger partial charge in [0.05, 0.1) is 12.2 Å². The molecule has 0 bridgehead atoms. The summed E-state index contributed by atoms with van der Waals surface area (Å²) in [6, 6.07) is 0.544. The lowest BCUT2D eigenvalue weighted by atomic mass is 9.56. The molecule has 0 radical (unpaired) electrons. The lowest BCUT2D eigenvalue weighted by molar-refractivity contribution is -0.180. The quantitative estimate of drug-likeness (QED) is 0.686. The highest BCUT2D eigenvalue weighted by Crippen LogP contribution is 2.51. The number of ether oxygens (including phenoxy) is 2. The second-order valence-electron chi connectivity index (χ2n) is 5.06. The third-order valence-electron chi connectivity index (χ3n) is 4.12. The molecule has 1 aliphatic rings. The van der Waals surface area contributed by atoms with Gasteiger partial charge in [0.15, 0.2) is 0 Å². The molecule has 2 unspecified atom stereocenters. The highest BCUT2D eigenvalue weighted by Gasteiger charge is 2.57. The molecule has 15 heavy (non-hydrogen) atoms. The molecular weight excluding hydrogens is 190 g/mol. The molecule has 0 heterocycles. The molecule has 1 rings (SSSR count). The van der Waals surface area contributed by atoms with Crippen LogP contribution in [0.15, 0.2) is 0 Å². The molecule has 90 valence electrons. The molecule has 1 fully saturated rings. The van der Waals surface area contributed by atoms with E-state index in [0.29, 0.717) is 6.04 Å². The van der Waals surface area contributed by atoms with Crippen LogP contribution in [-0.4, -0.2) is 38.5 Å². The van der Waals surface area contributed by atoms with Crippen LogP contribution in [0.2, 0.25) is 0 Å². The number of hydrogen-bond acceptors (Lipinski definition) is 3. The van der Waals surface area contributed by atoms with Crippen molar-refractivity contribution in [3.63, 3.8) is 0 Å². The average Bonchev–Trinajstić information content (AvgIpc) is 2.22. The Morgan fingerprint density at radius 1 is 1.33 bits per heavy atom. The van der Waals surface area contributed by atoms with Gasteiger partial charge in [0, 0.05) is 31.7 Å². The van der Waals surface area contributed by atoms with Crippen molar-refractivity contribution in [2.24, 2.45) is 5.41 Å². The van der Waals surface area contributed by atoms with Gasteiger partial charge in [-0.25, -0.2) is 0 Å². The second kappa shape index (κ2) is 4.81. The lowest BCUT2D eigenvalue weighted by Crippen LogP contribution is -2.68. The summed E-state index contributed by atoms with van der Waals surface area (Å²) in [5.74, 6) is 0. The predicted octanol–water partition coefficient (Wildman–Crippen LogP) is 1.82. The fourth-order valence-corrected chi connectivity index (χ4v) is 2.27. The summed E-state index contributed by atoms with van der Waals surface area (Å²) in [4.78, 5) is 0. The minimum absolute atomic E-state index is 0.0241. The van der Waals surface area contributed by atoms with E-state index < -0.39 is 0 Å². The van der Waals surface area contributed by atoms with Gasteiger partial charge in [-0.1, -0.05) is 13.8 Å². The van der Waals surface area contributed by atoms with Gasteiger partial charge in [0.25, 0.3) is 0 Å². The molecule has 1 N–H and O–H groups in total. The third-order valence-corrected chi connectivity index (χ3v) is 4.12. The first-order valence-electron chi connectivity index (χ1n) is 5.84. The first-order chi connectivity index (χ1) is 6.98. The Balaban J connectivity index is 2.29. The number of methoxy groups -OCH3 is 1. The maximum Gasteiger partial charge on any atom is 0.0731 e. The van der Waals surface area contributed by atoms with Crippen LogP contribution in [0.5, 0.6) is 0 Å². The van der Waals surface area contributed by atoms with E-state index in [-0.39, 0.29) is 11.0 Å². The minimum Gasteiger partial charge on any atom is -0.380 e. The Hall–Kier alpha value is -0.120. The van der Waals surface area contributed by atoms with Crippen LogP contribution >= 0.6 is 0 Å². The monoisotopic (exact) mass is 215 g/mol. The number of rotatable bonds is 6. The van der Waals surface area contributed by atoms with Crippen molar-refractivity contribution in [3.8, 4) is 0 Å². The SMILES string of the molecule is CCOCCNC1CC(C)(OC)C1(C)C. The van der Waals surface area contributed by atoms with E-state index in [1.54, 1.807) is 7.11 Å². The smallest absolute Gasteiger partial charge is 0.0731 e. The van der Waals surface area contributed by atoms with Gasteiger partial charge in [0.1, 0.15) is 0 Å². The molecule has 0 spiro atoms. The molecule has 0 amide bonds. The van der Waals surface area contributed by atoms with E-state index in [1.165, 1.54) is 0 Å². The Labute approximate surface area is 93.5 Å². The van der Waals surface area contributed by atoms with Crippen LogP contribution in [-0.2, 0) is 9.47 Å². The van der Waals surface area contributed by atoms with Gasteiger partial charge < -0.3 is 14.8 Å². The van der Waals surface area contributed by atoms with E-state index in [2.05, 4.69) is 26.1 Å². The minimum atomic E-state index is 0.0241. The van der Waals surface area contributed by atoms with Gasteiger partial charge in [-0.2, -0.15) is 0 Å². The normalized spacial score (nSPS) is 33.8. The zero-order valence-corrected chi connectivity index (χ0v) is 10.7. The van der Waals surface area contributed by atoms with Gasteiger partial charge in [-0.15, -0.1) is 0 Å². The van der Waals surface area contributed by atoms with Crippen LogP contribution in [0.3, 0.4) is 0 Å². The lowest BCUT2D eigenvalue weighted by Gasteiger charge is -2.59. The van der Waals surface area contributed by atoms with Crippen molar-refractivity contribution in [2.45, 2.75) is 45.8 Å². The first-order valence-corrected chi connectivity index (χ1v) is 5.84. The van der Waals surface area contributed by atoms with Crippen LogP contribution in [0.4, 0.5) is 0 Å². The molecule has 2 atom stereocenters. The highest BCUT2D eigenvalue weighted by atomic mass is 16.5. The third kappa shape index (κ3) is 2.35. The summed E-state index contributed by atoms with van der Waals surface area (Å²) in [6.07, 6.45) is 1.09. The van der Waals surface area contributed by atoms with E-state index in [9.17, 15) is 0 Å². The summed E-state index contributed by atoms with van der Waals surface area (Å²) in [6.45, 7) is 11.3. The first kappa shape index (κ1) is 12.9. The molecule has 3 heteroatoms. The maximum atomic E-state index is 5.58. The molecule has 0 saturated heterocycles. The Morgan fingerprint density at radius 2 is 2.00 bits per heavy atom. The Morgan fingerprint density at radius 3 is 2.47 bits per heavy atom. The van der Waals surface area contributed by atoms with Gasteiger partial charge in [-0.05, 0) is 20.3 Å². The maximum absolute atomic E-state index is 5.58. The van der Waals surface area contributed by atoms with Crippen molar-refractivity contribution in [2.75, 3.05) is 26.9 Å². The largest absolute Gasteiger partial charge is 0.380 e. The van der Waals surface area contributed by atoms with Crippen molar-refractivity contribution in [1.29, 1.82) is 0 Å². The van der Waals surface area contributed by atoms with Crippen molar-refractivity contribution in [3.05, 3.63) is 0 Å². The Kier molecular flexibility index (Phi) is 4.15. The summed E-state index contributed by atoms with van der Waals surface area (Å²) in [5.41, 5.74) is 0.226. The number of nitrogens with one attached hydrogen (secondary N) is 1. The van der Waals surface area contributed by atoms with E-state index in [1.807, 2.05) is 6.92 Å². The summed E-state index contributed by atoms with van der Waals surface area (Å²) in [7, 11) is 1.80. The van der Waals surface area contributed by atoms with E-state index >= 15 is 0 Å². The van der Waals surface area contributed by atoms with Gasteiger partial charge >= 0.3 is 0 Å². The zero-order valence-electron chi connectivity index (χ0n) is 10.7. The van der Waals surface area contributed by atoms with Crippen molar-refractivity contribution in [1.82, 2.24) is 5.32 Å². The van der Waals surface area contributed by atoms with Crippen molar-refractivity contribution < 1.29 is 9.47 Å². The fourth-order valence-electron chi connectivity index (χ4n) is 2.27. The van der Waals surface area contributed by atoms with E-state index in [0.717, 1.165) is 26.2 Å². The molecule has 3 nitrogen and oxygen atoms in total. The van der Waals surface area contributed by atoms with E-state index in [4.69, 9.17) is 9.47 Å². The predicted molar refractivity (Wildman–Crippen MR) is 62.1 cm³/mol. The van der Waals surface area contributed by atoms with Crippen LogP contribution in [0.25, 0.3) is 0 Å². The second-order valence-corrected chi connectivity index (χ2v) is 5.06. The van der Waals surface area contributed by atoms with Crippen molar-refractivity contribution >= 4 is 0 Å². The molecule has 0 aromatic carbocycles. The van der Waals surface area contributed by atoms with Crippen LogP contribution in [0.1, 0.15) is 34.1 Å². The molecule has 1 aliphatic carbocycles. The highest BCUT2D eigenvalue weighted by molar-refractivity contribution is 5.11. The van der Waals surface area contributed by atoms with Gasteiger partial charge in [-0.3, -0.25) is 0 Å². The average molecular weight is 215 g/mol. The topological polar surface area (TPSA) is 30.5 Å². The molecule has 0 aromatic heterocycles. The zero-order chi connectivity index (χ0) is 11.5. The van der Waals surface area contributed by atoms with Crippen LogP contribution in [0, 0.1) is 5.41 Å². The van der Waals surface area contributed by atoms with Crippen LogP contribution < -0.4 is 5.32 Å². The molecule has 0 aromatic rings. The Bertz CT molecular complexity index is 206. The molecule has 1 saturated carbocycles. The standard InChI is InChI=1S/C12H25NO2/c1-6-15-8-7-13-10-9-12(4,14-5)11(10,2)3/h10,13H,6-9H2,1-5H3. The number of hydrogen-bond donors (Lipinski definition) is 1.